The molecule has 0 aromatic heterocycles. The zero-order valence-electron chi connectivity index (χ0n) is 20.5. The van der Waals surface area contributed by atoms with E-state index in [2.05, 4.69) is 21.2 Å². The minimum absolute atomic E-state index is 0.188. The molecule has 0 aliphatic carbocycles. The Hall–Kier alpha value is -4.44. The molecule has 1 aliphatic rings. The summed E-state index contributed by atoms with van der Waals surface area (Å²) in [6.07, 6.45) is 1.37. The van der Waals surface area contributed by atoms with Gasteiger partial charge in [0.25, 0.3) is 11.8 Å². The van der Waals surface area contributed by atoms with E-state index in [1.807, 2.05) is 24.3 Å². The summed E-state index contributed by atoms with van der Waals surface area (Å²) in [6, 6.07) is 17.5. The second-order valence-electron chi connectivity index (χ2n) is 8.05. The fraction of sp³-hybridized carbons (Fsp3) is 0.143. The molecule has 1 aliphatic heterocycles. The third kappa shape index (κ3) is 5.92. The predicted molar refractivity (Wildman–Crippen MR) is 143 cm³/mol. The Morgan fingerprint density at radius 1 is 0.974 bits per heavy atom. The van der Waals surface area contributed by atoms with Crippen LogP contribution in [0.3, 0.4) is 0 Å². The summed E-state index contributed by atoms with van der Waals surface area (Å²) in [5, 5.41) is 2.18. The second kappa shape index (κ2) is 11.7. The fourth-order valence-corrected chi connectivity index (χ4v) is 3.92. The van der Waals surface area contributed by atoms with Crippen molar-refractivity contribution in [1.29, 1.82) is 0 Å². The molecule has 1 fully saturated rings. The van der Waals surface area contributed by atoms with Crippen molar-refractivity contribution in [2.24, 2.45) is 0 Å². The van der Waals surface area contributed by atoms with Gasteiger partial charge >= 0.3 is 12.0 Å². The van der Waals surface area contributed by atoms with Crippen LogP contribution >= 0.6 is 15.9 Å². The van der Waals surface area contributed by atoms with Gasteiger partial charge in [-0.25, -0.2) is 14.5 Å². The number of methoxy groups -OCH3 is 1. The highest BCUT2D eigenvalue weighted by Gasteiger charge is 2.37. The van der Waals surface area contributed by atoms with Crippen LogP contribution in [0.4, 0.5) is 10.5 Å². The highest BCUT2D eigenvalue weighted by atomic mass is 79.9. The normalized spacial score (nSPS) is 14.3. The van der Waals surface area contributed by atoms with Gasteiger partial charge in [-0.15, -0.1) is 0 Å². The first-order valence-corrected chi connectivity index (χ1v) is 12.3. The Bertz CT molecular complexity index is 1420. The minimum Gasteiger partial charge on any atom is -0.493 e. The number of urea groups is 1. The Labute approximate surface area is 227 Å². The van der Waals surface area contributed by atoms with E-state index in [4.69, 9.17) is 14.2 Å². The molecule has 0 atom stereocenters. The van der Waals surface area contributed by atoms with Crippen molar-refractivity contribution in [3.8, 4) is 11.5 Å². The first-order valence-electron chi connectivity index (χ1n) is 11.5. The largest absolute Gasteiger partial charge is 0.493 e. The number of anilines is 1. The Morgan fingerprint density at radius 3 is 2.34 bits per heavy atom. The first-order chi connectivity index (χ1) is 18.3. The van der Waals surface area contributed by atoms with Gasteiger partial charge < -0.3 is 14.2 Å². The van der Waals surface area contributed by atoms with Gasteiger partial charge in [0.15, 0.2) is 11.5 Å². The fourth-order valence-electron chi connectivity index (χ4n) is 3.65. The quantitative estimate of drug-likeness (QED) is 0.230. The van der Waals surface area contributed by atoms with Crippen LogP contribution in [0.15, 0.2) is 76.8 Å². The number of imide groups is 2. The topological polar surface area (TPSA) is 111 Å². The van der Waals surface area contributed by atoms with Gasteiger partial charge in [-0.3, -0.25) is 14.9 Å². The number of carbonyl (C=O) groups excluding carboxylic acids is 4. The number of hydrogen-bond donors (Lipinski definition) is 1. The molecular weight excluding hydrogens is 556 g/mol. The Kier molecular flexibility index (Phi) is 8.22. The van der Waals surface area contributed by atoms with E-state index in [0.717, 1.165) is 14.9 Å². The number of benzene rings is 3. The van der Waals surface area contributed by atoms with Gasteiger partial charge in [-0.1, -0.05) is 34.1 Å². The maximum Gasteiger partial charge on any atom is 0.338 e. The second-order valence-corrected chi connectivity index (χ2v) is 8.97. The van der Waals surface area contributed by atoms with E-state index >= 15 is 0 Å². The molecule has 0 spiro atoms. The molecule has 0 bridgehead atoms. The summed E-state index contributed by atoms with van der Waals surface area (Å²) in [5.41, 5.74) is 1.66. The highest BCUT2D eigenvalue weighted by molar-refractivity contribution is 9.10. The molecular formula is C28H23BrN2O7. The van der Waals surface area contributed by atoms with Crippen LogP contribution in [0.1, 0.15) is 28.4 Å². The van der Waals surface area contributed by atoms with Gasteiger partial charge in [-0.2, -0.15) is 0 Å². The van der Waals surface area contributed by atoms with Crippen LogP contribution in [0.5, 0.6) is 11.5 Å². The summed E-state index contributed by atoms with van der Waals surface area (Å²) >= 11 is 3.40. The summed E-state index contributed by atoms with van der Waals surface area (Å²) < 4.78 is 17.2. The molecule has 10 heteroatoms. The molecule has 4 rings (SSSR count). The third-order valence-corrected chi connectivity index (χ3v) is 6.07. The van der Waals surface area contributed by atoms with Crippen LogP contribution in [0.25, 0.3) is 6.08 Å². The maximum absolute atomic E-state index is 13.2. The smallest absolute Gasteiger partial charge is 0.338 e. The zero-order valence-corrected chi connectivity index (χ0v) is 22.1. The molecule has 9 nitrogen and oxygen atoms in total. The van der Waals surface area contributed by atoms with E-state index in [-0.39, 0.29) is 23.4 Å². The SMILES string of the molecule is CCOC(=O)c1ccc(N2C(=O)NC(=O)/C(=C\c3ccc(OCc4ccc(Br)cc4)c(OC)c3)C2=O)cc1. The number of carbonyl (C=O) groups is 4. The van der Waals surface area contributed by atoms with Crippen molar-refractivity contribution in [3.63, 3.8) is 0 Å². The van der Waals surface area contributed by atoms with Crippen molar-refractivity contribution in [3.05, 3.63) is 93.5 Å². The van der Waals surface area contributed by atoms with Crippen LogP contribution in [-0.4, -0.2) is 37.5 Å². The van der Waals surface area contributed by atoms with E-state index in [0.29, 0.717) is 23.7 Å². The lowest BCUT2D eigenvalue weighted by molar-refractivity contribution is -0.122. The Morgan fingerprint density at radius 2 is 1.68 bits per heavy atom. The van der Waals surface area contributed by atoms with Crippen LogP contribution in [0.2, 0.25) is 0 Å². The van der Waals surface area contributed by atoms with E-state index < -0.39 is 23.8 Å². The van der Waals surface area contributed by atoms with Gasteiger partial charge in [0, 0.05) is 4.47 Å². The lowest BCUT2D eigenvalue weighted by atomic mass is 10.1. The number of nitrogens with zero attached hydrogens (tertiary/aromatic N) is 1. The maximum atomic E-state index is 13.2. The average Bonchev–Trinajstić information content (AvgIpc) is 2.91. The van der Waals surface area contributed by atoms with Crippen molar-refractivity contribution in [2.75, 3.05) is 18.6 Å². The lowest BCUT2D eigenvalue weighted by Crippen LogP contribution is -2.54. The number of nitrogens with one attached hydrogen (secondary N) is 1. The van der Waals surface area contributed by atoms with Gasteiger partial charge in [-0.05, 0) is 72.7 Å². The lowest BCUT2D eigenvalue weighted by Gasteiger charge is -2.26. The molecule has 0 saturated carbocycles. The standard InChI is InChI=1S/C28H23BrN2O7/c1-3-37-27(34)19-7-11-21(12-8-19)31-26(33)22(25(32)30-28(31)35)14-18-6-13-23(24(15-18)36-2)38-16-17-4-9-20(29)10-5-17/h4-15H,3,16H2,1-2H3,(H,30,32,35)/b22-14+. The van der Waals surface area contributed by atoms with Crippen LogP contribution in [0, 0.1) is 0 Å². The molecule has 194 valence electrons. The minimum atomic E-state index is -0.893. The number of rotatable bonds is 8. The highest BCUT2D eigenvalue weighted by Crippen LogP contribution is 2.31. The van der Waals surface area contributed by atoms with Gasteiger partial charge in [0.2, 0.25) is 0 Å². The van der Waals surface area contributed by atoms with Crippen molar-refractivity contribution in [1.82, 2.24) is 5.32 Å². The predicted octanol–water partition coefficient (Wildman–Crippen LogP) is 4.88. The van der Waals surface area contributed by atoms with Gasteiger partial charge in [0.1, 0.15) is 12.2 Å². The zero-order chi connectivity index (χ0) is 27.2. The summed E-state index contributed by atoms with van der Waals surface area (Å²) in [5.74, 6) is -1.27. The number of halogens is 1. The number of barbiturate groups is 1. The molecule has 1 saturated heterocycles. The van der Waals surface area contributed by atoms with Crippen molar-refractivity contribution in [2.45, 2.75) is 13.5 Å². The summed E-state index contributed by atoms with van der Waals surface area (Å²) in [6.45, 7) is 2.22. The summed E-state index contributed by atoms with van der Waals surface area (Å²) in [7, 11) is 1.48. The molecule has 0 radical (unpaired) electrons. The molecule has 1 heterocycles. The number of ether oxygens (including phenoxy) is 3. The van der Waals surface area contributed by atoms with Crippen molar-refractivity contribution < 1.29 is 33.4 Å². The summed E-state index contributed by atoms with van der Waals surface area (Å²) in [4.78, 5) is 51.0. The monoisotopic (exact) mass is 578 g/mol. The molecule has 0 unspecified atom stereocenters. The molecule has 1 N–H and O–H groups in total. The molecule has 3 aromatic carbocycles. The molecule has 3 aromatic rings. The van der Waals surface area contributed by atoms with Crippen LogP contribution < -0.4 is 19.7 Å². The first kappa shape index (κ1) is 26.6. The van der Waals surface area contributed by atoms with E-state index in [1.165, 1.54) is 37.5 Å². The van der Waals surface area contributed by atoms with E-state index in [9.17, 15) is 19.2 Å². The van der Waals surface area contributed by atoms with Crippen LogP contribution in [-0.2, 0) is 20.9 Å². The van der Waals surface area contributed by atoms with E-state index in [1.54, 1.807) is 25.1 Å². The number of amides is 4. The Balaban J connectivity index is 1.56. The number of esters is 1. The number of hydrogen-bond acceptors (Lipinski definition) is 7. The van der Waals surface area contributed by atoms with Crippen molar-refractivity contribution >= 4 is 51.5 Å². The van der Waals surface area contributed by atoms with Gasteiger partial charge in [0.05, 0.1) is 25.0 Å². The third-order valence-electron chi connectivity index (χ3n) is 5.54. The molecule has 4 amide bonds. The molecule has 38 heavy (non-hydrogen) atoms. The average molecular weight is 579 g/mol.